The lowest BCUT2D eigenvalue weighted by Gasteiger charge is -2.21. The molecule has 0 aromatic carbocycles. The van der Waals surface area contributed by atoms with Gasteiger partial charge < -0.3 is 15.9 Å². The second kappa shape index (κ2) is 4.66. The van der Waals surface area contributed by atoms with Crippen LogP contribution in [0.15, 0.2) is 0 Å². The van der Waals surface area contributed by atoms with E-state index >= 15 is 0 Å². The summed E-state index contributed by atoms with van der Waals surface area (Å²) in [5, 5.41) is 17.6. The number of nitrogens with two attached hydrogens (primary N) is 1. The summed E-state index contributed by atoms with van der Waals surface area (Å²) in [6, 6.07) is -0.0926. The van der Waals surface area contributed by atoms with Crippen LogP contribution >= 0.6 is 0 Å². The van der Waals surface area contributed by atoms with Gasteiger partial charge in [-0.2, -0.15) is 0 Å². The van der Waals surface area contributed by atoms with E-state index in [1.807, 2.05) is 6.92 Å². The van der Waals surface area contributed by atoms with E-state index in [1.165, 1.54) is 0 Å². The molecule has 0 spiro atoms. The number of rotatable bonds is 4. The Labute approximate surface area is 61.9 Å². The molecule has 0 aromatic rings. The highest BCUT2D eigenvalue weighted by Gasteiger charge is 2.16. The van der Waals surface area contributed by atoms with Gasteiger partial charge in [-0.15, -0.1) is 0 Å². The smallest absolute Gasteiger partial charge is 0.0552 e. The van der Waals surface area contributed by atoms with Crippen LogP contribution in [0.25, 0.3) is 0 Å². The fourth-order valence-corrected chi connectivity index (χ4v) is 0.770. The maximum Gasteiger partial charge on any atom is 0.0552 e. The highest BCUT2D eigenvalue weighted by molar-refractivity contribution is 4.72. The molecule has 0 saturated carbocycles. The van der Waals surface area contributed by atoms with E-state index in [2.05, 4.69) is 0 Å². The van der Waals surface area contributed by atoms with Gasteiger partial charge in [-0.05, 0) is 19.3 Å². The minimum Gasteiger partial charge on any atom is -0.396 e. The van der Waals surface area contributed by atoms with Crippen LogP contribution in [0.5, 0.6) is 0 Å². The van der Waals surface area contributed by atoms with E-state index in [-0.39, 0.29) is 24.7 Å². The zero-order valence-electron chi connectivity index (χ0n) is 6.62. The van der Waals surface area contributed by atoms with Crippen LogP contribution in [0.2, 0.25) is 0 Å². The van der Waals surface area contributed by atoms with Crippen molar-refractivity contribution in [2.45, 2.75) is 32.4 Å². The number of hydrogen-bond acceptors (Lipinski definition) is 3. The fraction of sp³-hybridized carbons (Fsp3) is 1.00. The van der Waals surface area contributed by atoms with Crippen molar-refractivity contribution in [3.63, 3.8) is 0 Å². The molecule has 10 heavy (non-hydrogen) atoms. The summed E-state index contributed by atoms with van der Waals surface area (Å²) < 4.78 is 0. The van der Waals surface area contributed by atoms with Gasteiger partial charge in [0.25, 0.3) is 0 Å². The SMILES string of the molecule is CC(O)C(C)C(N)CCO. The largest absolute Gasteiger partial charge is 0.396 e. The van der Waals surface area contributed by atoms with Crippen LogP contribution in [0.4, 0.5) is 0 Å². The quantitative estimate of drug-likeness (QED) is 0.512. The zero-order valence-corrected chi connectivity index (χ0v) is 6.62. The van der Waals surface area contributed by atoms with Gasteiger partial charge in [0.1, 0.15) is 0 Å². The minimum atomic E-state index is -0.387. The van der Waals surface area contributed by atoms with E-state index < -0.39 is 0 Å². The van der Waals surface area contributed by atoms with Crippen molar-refractivity contribution in [2.24, 2.45) is 11.7 Å². The van der Waals surface area contributed by atoms with Crippen LogP contribution < -0.4 is 5.73 Å². The predicted octanol–water partition coefficient (Wildman–Crippen LogP) is -0.287. The summed E-state index contributed by atoms with van der Waals surface area (Å²) in [4.78, 5) is 0. The van der Waals surface area contributed by atoms with Crippen molar-refractivity contribution in [2.75, 3.05) is 6.61 Å². The van der Waals surface area contributed by atoms with Crippen molar-refractivity contribution in [3.8, 4) is 0 Å². The van der Waals surface area contributed by atoms with E-state index in [1.54, 1.807) is 6.92 Å². The third-order valence-electron chi connectivity index (χ3n) is 1.90. The highest BCUT2D eigenvalue weighted by atomic mass is 16.3. The molecule has 0 aliphatic carbocycles. The molecule has 0 aliphatic rings. The lowest BCUT2D eigenvalue weighted by molar-refractivity contribution is 0.112. The molecular weight excluding hydrogens is 130 g/mol. The first-order valence-electron chi connectivity index (χ1n) is 3.64. The molecule has 3 atom stereocenters. The molecule has 0 amide bonds. The molecule has 0 aliphatic heterocycles. The molecule has 3 nitrogen and oxygen atoms in total. The lowest BCUT2D eigenvalue weighted by Crippen LogP contribution is -2.35. The third kappa shape index (κ3) is 3.15. The zero-order chi connectivity index (χ0) is 8.15. The highest BCUT2D eigenvalue weighted by Crippen LogP contribution is 2.08. The lowest BCUT2D eigenvalue weighted by atomic mass is 9.95. The number of aliphatic hydroxyl groups is 2. The van der Waals surface area contributed by atoms with Gasteiger partial charge in [0, 0.05) is 12.6 Å². The topological polar surface area (TPSA) is 66.5 Å². The minimum absolute atomic E-state index is 0.0622. The standard InChI is InChI=1S/C7H17NO2/c1-5(6(2)10)7(8)3-4-9/h5-7,9-10H,3-4,8H2,1-2H3. The Balaban J connectivity index is 3.58. The average molecular weight is 147 g/mol. The molecular formula is C7H17NO2. The molecule has 0 radical (unpaired) electrons. The molecule has 0 aromatic heterocycles. The molecule has 3 unspecified atom stereocenters. The summed E-state index contributed by atoms with van der Waals surface area (Å²) in [6.07, 6.45) is 0.174. The molecule has 62 valence electrons. The van der Waals surface area contributed by atoms with Crippen LogP contribution in [0, 0.1) is 5.92 Å². The van der Waals surface area contributed by atoms with Crippen molar-refractivity contribution in [3.05, 3.63) is 0 Å². The van der Waals surface area contributed by atoms with E-state index in [0.717, 1.165) is 0 Å². The molecule has 0 saturated heterocycles. The molecule has 3 heteroatoms. The van der Waals surface area contributed by atoms with Crippen LogP contribution in [0.1, 0.15) is 20.3 Å². The first-order valence-corrected chi connectivity index (χ1v) is 3.64. The summed E-state index contributed by atoms with van der Waals surface area (Å²) in [5.74, 6) is 0.0622. The Morgan fingerprint density at radius 3 is 2.20 bits per heavy atom. The van der Waals surface area contributed by atoms with Gasteiger partial charge in [0.15, 0.2) is 0 Å². The van der Waals surface area contributed by atoms with Crippen molar-refractivity contribution >= 4 is 0 Å². The Morgan fingerprint density at radius 2 is 1.90 bits per heavy atom. The van der Waals surface area contributed by atoms with Gasteiger partial charge in [-0.3, -0.25) is 0 Å². The molecule has 0 rings (SSSR count). The Kier molecular flexibility index (Phi) is 4.60. The molecule has 0 heterocycles. The van der Waals surface area contributed by atoms with E-state index in [9.17, 15) is 0 Å². The predicted molar refractivity (Wildman–Crippen MR) is 40.5 cm³/mol. The number of aliphatic hydroxyl groups excluding tert-OH is 2. The Morgan fingerprint density at radius 1 is 1.40 bits per heavy atom. The van der Waals surface area contributed by atoms with E-state index in [4.69, 9.17) is 15.9 Å². The maximum absolute atomic E-state index is 9.06. The monoisotopic (exact) mass is 147 g/mol. The summed E-state index contributed by atoms with van der Waals surface area (Å²) in [6.45, 7) is 3.69. The van der Waals surface area contributed by atoms with Crippen LogP contribution in [0.3, 0.4) is 0 Å². The van der Waals surface area contributed by atoms with Crippen molar-refractivity contribution in [1.82, 2.24) is 0 Å². The van der Waals surface area contributed by atoms with Crippen molar-refractivity contribution < 1.29 is 10.2 Å². The van der Waals surface area contributed by atoms with Gasteiger partial charge in [-0.1, -0.05) is 6.92 Å². The molecule has 0 fully saturated rings. The van der Waals surface area contributed by atoms with E-state index in [0.29, 0.717) is 6.42 Å². The molecule has 4 N–H and O–H groups in total. The normalized spacial score (nSPS) is 20.1. The second-order valence-electron chi connectivity index (χ2n) is 2.78. The first-order chi connectivity index (χ1) is 4.59. The fourth-order valence-electron chi connectivity index (χ4n) is 0.770. The molecule has 0 bridgehead atoms. The van der Waals surface area contributed by atoms with Crippen molar-refractivity contribution in [1.29, 1.82) is 0 Å². The second-order valence-corrected chi connectivity index (χ2v) is 2.78. The Hall–Kier alpha value is -0.120. The summed E-state index contributed by atoms with van der Waals surface area (Å²) >= 11 is 0. The van der Waals surface area contributed by atoms with Crippen LogP contribution in [-0.4, -0.2) is 29.0 Å². The van der Waals surface area contributed by atoms with Crippen LogP contribution in [-0.2, 0) is 0 Å². The van der Waals surface area contributed by atoms with Gasteiger partial charge in [-0.25, -0.2) is 0 Å². The Bertz CT molecular complexity index is 85.7. The third-order valence-corrected chi connectivity index (χ3v) is 1.90. The van der Waals surface area contributed by atoms with Gasteiger partial charge >= 0.3 is 0 Å². The average Bonchev–Trinajstić information content (AvgIpc) is 1.87. The summed E-state index contributed by atoms with van der Waals surface area (Å²) in [7, 11) is 0. The maximum atomic E-state index is 9.06. The van der Waals surface area contributed by atoms with Gasteiger partial charge in [0.2, 0.25) is 0 Å². The summed E-state index contributed by atoms with van der Waals surface area (Å²) in [5.41, 5.74) is 5.61. The number of hydrogen-bond donors (Lipinski definition) is 3. The van der Waals surface area contributed by atoms with Gasteiger partial charge in [0.05, 0.1) is 6.10 Å². The first kappa shape index (κ1) is 9.88.